The first-order valence-electron chi connectivity index (χ1n) is 17.5. The molecule has 8 rings (SSSR count). The third-order valence-corrected chi connectivity index (χ3v) is 10.8. The molecule has 0 saturated carbocycles. The summed E-state index contributed by atoms with van der Waals surface area (Å²) in [5, 5.41) is 12.6. The number of hydrogen-bond donors (Lipinski definition) is 2. The van der Waals surface area contributed by atoms with Crippen LogP contribution in [0, 0.1) is 6.92 Å². The fourth-order valence-electron chi connectivity index (χ4n) is 7.50. The maximum absolute atomic E-state index is 12.5. The molecule has 0 spiro atoms. The normalized spacial score (nSPS) is 10.9. The SMILES string of the molecule is C.CC(=O)c1ccc2ccc3c(C(C)=O)cc(C)c4ccc1c2c43.CCC(=O)c1cc(S(=O)(=O)O)c2ccc3c(C(=O)NC)ccc4ccc1c2c43.O=S(=O)=O.O=S(=O)=O. The Kier molecular flexibility index (Phi) is 14.0. The number of carbonyl (C=O) groups excluding carboxylic acids is 4. The molecule has 0 unspecified atom stereocenters. The maximum atomic E-state index is 12.5. The Balaban J connectivity index is 0.000000224. The Bertz CT molecular complexity index is 3360. The van der Waals surface area contributed by atoms with E-state index in [-0.39, 0.29) is 47.6 Å². The van der Waals surface area contributed by atoms with Crippen molar-refractivity contribution in [3.63, 3.8) is 0 Å². The van der Waals surface area contributed by atoms with Gasteiger partial charge in [-0.15, -0.1) is 25.3 Å². The smallest absolute Gasteiger partial charge is 0.355 e. The molecule has 0 aliphatic rings. The Morgan fingerprint density at radius 3 is 1.42 bits per heavy atom. The topological polar surface area (TPSA) is 237 Å². The number of carbonyl (C=O) groups is 4. The molecule has 0 radical (unpaired) electrons. The van der Waals surface area contributed by atoms with Crippen molar-refractivity contribution in [2.24, 2.45) is 0 Å². The summed E-state index contributed by atoms with van der Waals surface area (Å²) in [7, 11) is -9.24. The van der Waals surface area contributed by atoms with Gasteiger partial charge < -0.3 is 5.32 Å². The maximum Gasteiger partial charge on any atom is 0.425 e. The van der Waals surface area contributed by atoms with Gasteiger partial charge in [0, 0.05) is 41.1 Å². The molecule has 14 nitrogen and oxygen atoms in total. The first kappa shape index (κ1) is 46.2. The second kappa shape index (κ2) is 18.2. The Hall–Kier alpha value is -6.53. The van der Waals surface area contributed by atoms with Crippen LogP contribution < -0.4 is 5.32 Å². The van der Waals surface area contributed by atoms with E-state index in [0.29, 0.717) is 32.5 Å². The summed E-state index contributed by atoms with van der Waals surface area (Å²) in [6.45, 7) is 6.92. The zero-order chi connectivity index (χ0) is 43.7. The van der Waals surface area contributed by atoms with Gasteiger partial charge in [0.05, 0.1) is 0 Å². The second-order valence-electron chi connectivity index (χ2n) is 13.2. The van der Waals surface area contributed by atoms with E-state index in [0.717, 1.165) is 54.4 Å². The van der Waals surface area contributed by atoms with Crippen LogP contribution in [-0.2, 0) is 31.3 Å². The van der Waals surface area contributed by atoms with Gasteiger partial charge in [0.25, 0.3) is 16.0 Å². The van der Waals surface area contributed by atoms with Gasteiger partial charge in [-0.25, -0.2) is 0 Å². The van der Waals surface area contributed by atoms with E-state index in [2.05, 4.69) is 11.4 Å². The van der Waals surface area contributed by atoms with Crippen molar-refractivity contribution in [2.75, 3.05) is 7.05 Å². The lowest BCUT2D eigenvalue weighted by atomic mass is 9.87. The van der Waals surface area contributed by atoms with Gasteiger partial charge in [-0.3, -0.25) is 23.7 Å². The highest BCUT2D eigenvalue weighted by molar-refractivity contribution is 7.86. The number of ketones is 3. The molecule has 17 heteroatoms. The molecule has 0 heterocycles. The molecular weight excluding hydrogens is 835 g/mol. The van der Waals surface area contributed by atoms with Crippen molar-refractivity contribution in [2.45, 2.75) is 46.4 Å². The molecule has 8 aromatic rings. The highest BCUT2D eigenvalue weighted by Crippen LogP contribution is 2.41. The number of Topliss-reactive ketones (excluding diaryl/α,β-unsaturated/α-hetero) is 3. The predicted molar refractivity (Wildman–Crippen MR) is 229 cm³/mol. The fraction of sp³-hybridized carbons (Fsp3) is 0.163. The van der Waals surface area contributed by atoms with Crippen LogP contribution >= 0.6 is 0 Å². The van der Waals surface area contributed by atoms with E-state index >= 15 is 0 Å². The van der Waals surface area contributed by atoms with Crippen LogP contribution in [0.15, 0.2) is 89.8 Å². The molecule has 0 saturated heterocycles. The van der Waals surface area contributed by atoms with E-state index in [1.165, 1.54) is 13.1 Å². The average Bonchev–Trinajstić information content (AvgIpc) is 3.17. The fourth-order valence-corrected chi connectivity index (χ4v) is 8.22. The molecule has 60 heavy (non-hydrogen) atoms. The molecule has 8 aromatic carbocycles. The Labute approximate surface area is 346 Å². The molecule has 310 valence electrons. The van der Waals surface area contributed by atoms with Crippen LogP contribution in [-0.4, -0.2) is 68.5 Å². The Morgan fingerprint density at radius 2 is 0.950 bits per heavy atom. The molecule has 0 aliphatic heterocycles. The summed E-state index contributed by atoms with van der Waals surface area (Å²) in [6.07, 6.45) is 0.193. The minimum Gasteiger partial charge on any atom is -0.355 e. The van der Waals surface area contributed by atoms with Crippen LogP contribution in [0.2, 0.25) is 0 Å². The van der Waals surface area contributed by atoms with E-state index in [9.17, 15) is 32.1 Å². The third kappa shape index (κ3) is 8.89. The lowest BCUT2D eigenvalue weighted by Crippen LogP contribution is -2.18. The van der Waals surface area contributed by atoms with E-state index in [4.69, 9.17) is 25.3 Å². The zero-order valence-electron chi connectivity index (χ0n) is 31.9. The highest BCUT2D eigenvalue weighted by Gasteiger charge is 2.24. The molecule has 0 aliphatic carbocycles. The lowest BCUT2D eigenvalue weighted by molar-refractivity contribution is 0.0961. The Morgan fingerprint density at radius 1 is 0.567 bits per heavy atom. The summed E-state index contributed by atoms with van der Waals surface area (Å²) in [6, 6.07) is 25.6. The summed E-state index contributed by atoms with van der Waals surface area (Å²) >= 11 is 0. The van der Waals surface area contributed by atoms with Gasteiger partial charge in [0.2, 0.25) is 0 Å². The van der Waals surface area contributed by atoms with Crippen molar-refractivity contribution in [3.8, 4) is 0 Å². The first-order chi connectivity index (χ1) is 27.7. The predicted octanol–water partition coefficient (Wildman–Crippen LogP) is 7.71. The zero-order valence-corrected chi connectivity index (χ0v) is 34.3. The van der Waals surface area contributed by atoms with Crippen LogP contribution in [0.1, 0.15) is 81.6 Å². The number of nitrogens with one attached hydrogen (secondary N) is 1. The highest BCUT2D eigenvalue weighted by atomic mass is 32.2. The van der Waals surface area contributed by atoms with E-state index < -0.39 is 31.3 Å². The van der Waals surface area contributed by atoms with Gasteiger partial charge in [0.15, 0.2) is 17.3 Å². The van der Waals surface area contributed by atoms with Crippen LogP contribution in [0.4, 0.5) is 0 Å². The van der Waals surface area contributed by atoms with Crippen molar-refractivity contribution in [1.82, 2.24) is 5.32 Å². The van der Waals surface area contributed by atoms with Crippen molar-refractivity contribution in [3.05, 3.63) is 113 Å². The van der Waals surface area contributed by atoms with Gasteiger partial charge in [0.1, 0.15) is 4.90 Å². The molecule has 0 atom stereocenters. The average molecular weight is 872 g/mol. The summed E-state index contributed by atoms with van der Waals surface area (Å²) in [5.41, 5.74) is 3.26. The van der Waals surface area contributed by atoms with Crippen molar-refractivity contribution >= 4 is 119 Å². The minimum atomic E-state index is -4.55. The quantitative estimate of drug-likeness (QED) is 0.0926. The molecule has 1 amide bonds. The lowest BCUT2D eigenvalue weighted by Gasteiger charge is -2.17. The first-order valence-corrected chi connectivity index (χ1v) is 20.9. The molecule has 2 N–H and O–H groups in total. The molecule has 0 fully saturated rings. The summed E-state index contributed by atoms with van der Waals surface area (Å²) < 4.78 is 84.5. The van der Waals surface area contributed by atoms with Gasteiger partial charge >= 0.3 is 21.2 Å². The monoisotopic (exact) mass is 871 g/mol. The van der Waals surface area contributed by atoms with E-state index in [1.807, 2.05) is 49.4 Å². The number of hydrogen-bond acceptors (Lipinski definition) is 12. The van der Waals surface area contributed by atoms with E-state index in [1.54, 1.807) is 51.1 Å². The molecule has 0 bridgehead atoms. The molecular formula is C43H37NO13S3. The van der Waals surface area contributed by atoms with Gasteiger partial charge in [-0.05, 0) is 104 Å². The van der Waals surface area contributed by atoms with Crippen LogP contribution in [0.25, 0.3) is 64.6 Å². The van der Waals surface area contributed by atoms with Gasteiger partial charge in [-0.1, -0.05) is 81.1 Å². The largest absolute Gasteiger partial charge is 0.425 e. The minimum absolute atomic E-state index is 0. The molecule has 0 aromatic heterocycles. The van der Waals surface area contributed by atoms with Crippen LogP contribution in [0.5, 0.6) is 0 Å². The van der Waals surface area contributed by atoms with Crippen molar-refractivity contribution < 1.29 is 57.4 Å². The summed E-state index contributed by atoms with van der Waals surface area (Å²) in [4.78, 5) is 48.6. The third-order valence-electron chi connectivity index (χ3n) is 9.86. The second-order valence-corrected chi connectivity index (χ2v) is 15.4. The number of aryl methyl sites for hydroxylation is 1. The number of benzene rings is 8. The van der Waals surface area contributed by atoms with Gasteiger partial charge in [-0.2, -0.15) is 8.42 Å². The van der Waals surface area contributed by atoms with Crippen molar-refractivity contribution in [1.29, 1.82) is 0 Å². The van der Waals surface area contributed by atoms with Crippen LogP contribution in [0.3, 0.4) is 0 Å². The summed E-state index contributed by atoms with van der Waals surface area (Å²) in [5.74, 6) is -0.364. The standard InChI is InChI=1S/C21H17NO5S.C21H16O2.CH4.2O3S/c1-3-17(23)16-10-18(28(25,26)27)15-9-8-12-14(21(24)22-2)7-5-11-4-6-13(16)20(15)19(11)12;1-11-10-19(13(3)23)18-7-5-14-4-6-16(12(2)22)17-9-8-15(11)21(18)20(14)17;;2*1-4(2)3/h4-10H,3H2,1-2H3,(H,22,24)(H,25,26,27);4-10H,1-3H3;1H4;;. The number of amides is 1. The number of rotatable bonds is 6.